The molecule has 38 heteroatoms. The Morgan fingerprint density at radius 3 is 1.35 bits per heavy atom. The first kappa shape index (κ1) is 85.4. The molecule has 0 fully saturated rings. The van der Waals surface area contributed by atoms with Gasteiger partial charge in [0.2, 0.25) is 82.7 Å². The van der Waals surface area contributed by atoms with Gasteiger partial charge < -0.3 is 107 Å². The number of carboxylic acid groups (broad SMARTS) is 3. The molecule has 100 heavy (non-hydrogen) atoms. The summed E-state index contributed by atoms with van der Waals surface area (Å²) in [5.41, 5.74) is 28.4. The molecule has 11 atom stereocenters. The fourth-order valence-electron chi connectivity index (χ4n) is 9.63. The molecule has 2 rings (SSSR count). The number of H-pyrrole nitrogens is 1. The lowest BCUT2D eigenvalue weighted by Crippen LogP contribution is -2.61. The van der Waals surface area contributed by atoms with Crippen LogP contribution in [0.3, 0.4) is 0 Å². The van der Waals surface area contributed by atoms with Crippen LogP contribution in [0.15, 0.2) is 42.9 Å². The van der Waals surface area contributed by atoms with Gasteiger partial charge in [0, 0.05) is 50.4 Å². The number of carbonyl (C=O) groups is 17. The highest BCUT2D eigenvalue weighted by Crippen LogP contribution is 2.14. The Bertz CT molecular complexity index is 3150. The summed E-state index contributed by atoms with van der Waals surface area (Å²) >= 11 is 0. The molecule has 0 aliphatic heterocycles. The van der Waals surface area contributed by atoms with E-state index < -0.39 is 225 Å². The highest BCUT2D eigenvalue weighted by molar-refractivity contribution is 6.00. The second-order valence-electron chi connectivity index (χ2n) is 24.6. The molecule has 0 bridgehead atoms. The van der Waals surface area contributed by atoms with Crippen LogP contribution in [0.1, 0.15) is 136 Å². The van der Waals surface area contributed by atoms with Crippen molar-refractivity contribution in [2.45, 2.75) is 204 Å². The number of aromatic nitrogens is 2. The van der Waals surface area contributed by atoms with Gasteiger partial charge in [-0.1, -0.05) is 58.0 Å². The first-order valence-electron chi connectivity index (χ1n) is 32.3. The van der Waals surface area contributed by atoms with Crippen LogP contribution in [-0.2, 0) is 94.3 Å². The summed E-state index contributed by atoms with van der Waals surface area (Å²) < 4.78 is 0. The fraction of sp³-hybridized carbons (Fsp3) is 0.581. The number of amides is 14. The van der Waals surface area contributed by atoms with E-state index in [1.54, 1.807) is 58.0 Å². The third-order valence-electron chi connectivity index (χ3n) is 14.9. The van der Waals surface area contributed by atoms with Crippen LogP contribution in [0.5, 0.6) is 0 Å². The number of nitrogens with one attached hydrogen (secondary N) is 12. The topological polar surface area (TPSA) is 642 Å². The highest BCUT2D eigenvalue weighted by Gasteiger charge is 2.37. The summed E-state index contributed by atoms with van der Waals surface area (Å²) in [5.74, 6) is -19.3. The molecule has 38 nitrogen and oxygen atoms in total. The molecule has 25 N–H and O–H groups in total. The maximum atomic E-state index is 14.4. The van der Waals surface area contributed by atoms with E-state index in [2.05, 4.69) is 68.5 Å². The molecule has 0 radical (unpaired) electrons. The smallest absolute Gasteiger partial charge is 0.326 e. The van der Waals surface area contributed by atoms with Crippen LogP contribution in [0.25, 0.3) is 0 Å². The minimum Gasteiger partial charge on any atom is -0.481 e. The number of carboxylic acids is 3. The predicted octanol–water partition coefficient (Wildman–Crippen LogP) is -6.05. The molecule has 0 unspecified atom stereocenters. The number of hydrogen-bond acceptors (Lipinski definition) is 20. The van der Waals surface area contributed by atoms with E-state index in [0.29, 0.717) is 18.4 Å². The van der Waals surface area contributed by atoms with Crippen molar-refractivity contribution in [2.75, 3.05) is 13.1 Å². The van der Waals surface area contributed by atoms with Crippen molar-refractivity contribution in [3.63, 3.8) is 0 Å². The van der Waals surface area contributed by atoms with E-state index in [1.807, 2.05) is 0 Å². The maximum Gasteiger partial charge on any atom is 0.326 e. The molecular weight excluding hydrogens is 1320 g/mol. The van der Waals surface area contributed by atoms with Gasteiger partial charge in [-0.2, -0.15) is 0 Å². The molecule has 0 saturated carbocycles. The van der Waals surface area contributed by atoms with Gasteiger partial charge in [-0.3, -0.25) is 76.7 Å². The van der Waals surface area contributed by atoms with Gasteiger partial charge in [-0.15, -0.1) is 0 Å². The quantitative estimate of drug-likeness (QED) is 0.0274. The Labute approximate surface area is 575 Å². The van der Waals surface area contributed by atoms with Crippen LogP contribution in [-0.4, -0.2) is 205 Å². The second-order valence-corrected chi connectivity index (χ2v) is 24.6. The molecule has 554 valence electrons. The molecule has 1 heterocycles. The first-order chi connectivity index (χ1) is 47.0. The van der Waals surface area contributed by atoms with E-state index >= 15 is 0 Å². The summed E-state index contributed by atoms with van der Waals surface area (Å²) in [7, 11) is 0. The Morgan fingerprint density at radius 1 is 0.450 bits per heavy atom. The molecule has 0 spiro atoms. The van der Waals surface area contributed by atoms with Crippen molar-refractivity contribution >= 4 is 101 Å². The number of imidazole rings is 1. The molecule has 0 aliphatic rings. The summed E-state index contributed by atoms with van der Waals surface area (Å²) in [6.45, 7) is 7.49. The van der Waals surface area contributed by atoms with Gasteiger partial charge in [0.05, 0.1) is 25.3 Å². The van der Waals surface area contributed by atoms with Crippen molar-refractivity contribution < 1.29 is 96.8 Å². The number of rotatable bonds is 49. The highest BCUT2D eigenvalue weighted by atomic mass is 16.4. The number of nitrogens with two attached hydrogens (primary N) is 5. The number of aromatic amines is 1. The summed E-state index contributed by atoms with van der Waals surface area (Å²) in [4.78, 5) is 231. The molecule has 0 saturated heterocycles. The van der Waals surface area contributed by atoms with E-state index in [1.165, 1.54) is 12.5 Å². The van der Waals surface area contributed by atoms with Crippen LogP contribution < -0.4 is 87.2 Å². The van der Waals surface area contributed by atoms with Gasteiger partial charge >= 0.3 is 17.9 Å². The Balaban J connectivity index is 2.45. The molecular formula is C62H96N18O20. The molecule has 0 aliphatic carbocycles. The largest absolute Gasteiger partial charge is 0.481 e. The van der Waals surface area contributed by atoms with Crippen molar-refractivity contribution in [1.29, 1.82) is 0 Å². The average molecular weight is 1410 g/mol. The number of primary amides is 3. The van der Waals surface area contributed by atoms with Crippen molar-refractivity contribution in [1.82, 2.24) is 68.5 Å². The van der Waals surface area contributed by atoms with E-state index in [-0.39, 0.29) is 62.6 Å². The van der Waals surface area contributed by atoms with E-state index in [9.17, 15) is 91.7 Å². The van der Waals surface area contributed by atoms with Gasteiger partial charge in [0.25, 0.3) is 0 Å². The third kappa shape index (κ3) is 34.0. The van der Waals surface area contributed by atoms with E-state index in [0.717, 1.165) is 6.92 Å². The van der Waals surface area contributed by atoms with Gasteiger partial charge in [0.1, 0.15) is 60.4 Å². The normalized spacial score (nSPS) is 14.3. The molecule has 14 amide bonds. The second kappa shape index (κ2) is 44.3. The number of hydrogen-bond donors (Lipinski definition) is 20. The predicted molar refractivity (Wildman–Crippen MR) is 352 cm³/mol. The summed E-state index contributed by atoms with van der Waals surface area (Å²) in [6, 6.07) is -9.27. The van der Waals surface area contributed by atoms with Crippen LogP contribution in [0.2, 0.25) is 0 Å². The number of nitrogens with zero attached hydrogens (tertiary/aromatic N) is 1. The Morgan fingerprint density at radius 2 is 0.880 bits per heavy atom. The summed E-state index contributed by atoms with van der Waals surface area (Å²) in [5, 5.41) is 54.7. The average Bonchev–Trinajstić information content (AvgIpc) is 1.19. The number of carbonyl (C=O) groups excluding carboxylic acids is 14. The van der Waals surface area contributed by atoms with Crippen LogP contribution in [0, 0.1) is 11.8 Å². The zero-order valence-corrected chi connectivity index (χ0v) is 56.4. The first-order valence-corrected chi connectivity index (χ1v) is 32.3. The number of benzene rings is 1. The fourth-order valence-corrected chi connectivity index (χ4v) is 9.63. The zero-order chi connectivity index (χ0) is 75.3. The molecule has 1 aromatic heterocycles. The molecule has 2 aromatic rings. The van der Waals surface area contributed by atoms with Gasteiger partial charge in [-0.25, -0.2) is 9.78 Å². The Hall–Kier alpha value is -10.7. The summed E-state index contributed by atoms with van der Waals surface area (Å²) in [6.07, 6.45) is -2.58. The number of unbranched alkanes of at least 4 members (excludes halogenated alkanes) is 1. The monoisotopic (exact) mass is 1410 g/mol. The minimum absolute atomic E-state index is 0.0280. The van der Waals surface area contributed by atoms with Crippen molar-refractivity contribution in [2.24, 2.45) is 40.5 Å². The van der Waals surface area contributed by atoms with Crippen molar-refractivity contribution in [3.8, 4) is 0 Å². The maximum absolute atomic E-state index is 14.4. The van der Waals surface area contributed by atoms with Gasteiger partial charge in [-0.05, 0) is 88.7 Å². The van der Waals surface area contributed by atoms with E-state index in [4.69, 9.17) is 33.8 Å². The number of aliphatic carboxylic acids is 3. The lowest BCUT2D eigenvalue weighted by Gasteiger charge is -2.28. The lowest BCUT2D eigenvalue weighted by molar-refractivity contribution is -0.142. The standard InChI is InChI=1S/C62H96N18O20/c1-31(2)23-41(76-53(90)36(64)14-20-50(85)86)58(95)77-42(24-32(3)4)59(96)80-45(27-48(67)83)61(98)75-37(15-18-46(65)81)55(92)71-33(5)52(89)73-38(16-19-47(66)82)56(93)74-39(17-21-51(87)88)57(94)79-44(26-35-28-68-30-70-35)60(97)78-43(25-34-11-7-6-8-12-34)54(91)69-29-49(84)72-40(62(99)100)13-9-10-22-63/h6-8,11-12,28,30-33,36-45H,9-10,13-27,29,63-64H2,1-5H3,(H2,65,81)(H2,66,82)(H2,67,83)(H,68,70)(H,69,91)(H,71,92)(H,72,84)(H,73,89)(H,74,93)(H,75,98)(H,76,90)(H,77,95)(H,78,97)(H,79,94)(H,80,96)(H,85,86)(H,87,88)(H,99,100)/t33-,36-,37-,38-,39-,40-,41-,42-,43-,44-,45-/m0/s1. The molecule has 1 aromatic carbocycles. The third-order valence-corrected chi connectivity index (χ3v) is 14.9. The lowest BCUT2D eigenvalue weighted by atomic mass is 9.99. The van der Waals surface area contributed by atoms with Crippen LogP contribution in [0.4, 0.5) is 0 Å². The minimum atomic E-state index is -1.88. The van der Waals surface area contributed by atoms with Crippen molar-refractivity contribution in [3.05, 3.63) is 54.1 Å². The Kier molecular flexibility index (Phi) is 37.8. The van der Waals surface area contributed by atoms with Gasteiger partial charge in [0.15, 0.2) is 0 Å². The zero-order valence-electron chi connectivity index (χ0n) is 56.4. The van der Waals surface area contributed by atoms with Crippen LogP contribution >= 0.6 is 0 Å². The SMILES string of the molecule is CC(C)C[C@H](NC(=O)[C@H](CC(C)C)NC(=O)[C@@H](N)CCC(=O)O)C(=O)N[C@@H](CC(N)=O)C(=O)N[C@@H](CCC(N)=O)C(=O)N[C@@H](C)C(=O)N[C@@H](CCC(N)=O)C(=O)N[C@@H](CCC(=O)O)C(=O)N[C@@H](Cc1cnc[nH]1)C(=O)N[C@@H](Cc1ccccc1)C(=O)NCC(=O)N[C@@H](CCCCN)C(=O)O.